The average Bonchev–Trinajstić information content (AvgIpc) is 2.29. The van der Waals surface area contributed by atoms with Crippen molar-refractivity contribution >= 4 is 11.7 Å². The summed E-state index contributed by atoms with van der Waals surface area (Å²) in [5, 5.41) is 10.6. The van der Waals surface area contributed by atoms with Gasteiger partial charge in [0, 0.05) is 17.2 Å². The zero-order valence-corrected chi connectivity index (χ0v) is 10.2. The third-order valence-corrected chi connectivity index (χ3v) is 2.16. The van der Waals surface area contributed by atoms with E-state index in [4.69, 9.17) is 4.74 Å². The Bertz CT molecular complexity index is 526. The zero-order chi connectivity index (χ0) is 13.5. The fraction of sp³-hybridized carbons (Fsp3) is 0.308. The summed E-state index contributed by atoms with van der Waals surface area (Å²) in [6.45, 7) is 3.71. The highest BCUT2D eigenvalue weighted by Crippen LogP contribution is 2.18. The molecule has 0 aromatic heterocycles. The second kappa shape index (κ2) is 6.40. The van der Waals surface area contributed by atoms with Gasteiger partial charge in [0.15, 0.2) is 0 Å². The number of ether oxygens (including phenoxy) is 1. The minimum atomic E-state index is -0.439. The maximum absolute atomic E-state index is 11.0. The molecule has 0 heterocycles. The molecular weight excluding hydrogens is 234 g/mol. The largest absolute Gasteiger partial charge is 0.465 e. The fourth-order valence-corrected chi connectivity index (χ4v) is 1.37. The van der Waals surface area contributed by atoms with Gasteiger partial charge in [0.2, 0.25) is 0 Å². The number of carbonyl (C=O) groups excluding carboxylic acids is 1. The molecule has 0 saturated heterocycles. The standard InChI is InChI=1S/C13H13NO4/c1-3-18-13(15)6-4-5-11-7-8-12(14(16)17)10(2)9-11/h7-9H,3,6H2,1-2H3. The van der Waals surface area contributed by atoms with E-state index >= 15 is 0 Å². The average molecular weight is 247 g/mol. The Labute approximate surface area is 105 Å². The molecule has 5 nitrogen and oxygen atoms in total. The maximum atomic E-state index is 11.0. The van der Waals surface area contributed by atoms with Crippen LogP contribution in [-0.4, -0.2) is 17.5 Å². The van der Waals surface area contributed by atoms with Gasteiger partial charge in [-0.3, -0.25) is 14.9 Å². The van der Waals surface area contributed by atoms with E-state index in [0.717, 1.165) is 0 Å². The molecule has 0 aliphatic rings. The second-order valence-electron chi connectivity index (χ2n) is 3.54. The van der Waals surface area contributed by atoms with Gasteiger partial charge in [0.05, 0.1) is 11.5 Å². The lowest BCUT2D eigenvalue weighted by molar-refractivity contribution is -0.385. The second-order valence-corrected chi connectivity index (χ2v) is 3.54. The molecule has 0 unspecified atom stereocenters. The van der Waals surface area contributed by atoms with Gasteiger partial charge in [-0.15, -0.1) is 0 Å². The molecule has 0 spiro atoms. The van der Waals surface area contributed by atoms with Crippen molar-refractivity contribution in [3.05, 3.63) is 39.4 Å². The number of hydrogen-bond acceptors (Lipinski definition) is 4. The third-order valence-electron chi connectivity index (χ3n) is 2.16. The summed E-state index contributed by atoms with van der Waals surface area (Å²) < 4.78 is 4.72. The van der Waals surface area contributed by atoms with E-state index in [2.05, 4.69) is 11.8 Å². The maximum Gasteiger partial charge on any atom is 0.317 e. The predicted octanol–water partition coefficient (Wildman–Crippen LogP) is 2.21. The van der Waals surface area contributed by atoms with Crippen molar-refractivity contribution in [2.45, 2.75) is 20.3 Å². The summed E-state index contributed by atoms with van der Waals surface area (Å²) in [5.74, 6) is 5.06. The molecule has 1 aromatic carbocycles. The van der Waals surface area contributed by atoms with Gasteiger partial charge in [-0.25, -0.2) is 0 Å². The number of nitrogens with zero attached hydrogens (tertiary/aromatic N) is 1. The highest BCUT2D eigenvalue weighted by atomic mass is 16.6. The molecule has 94 valence electrons. The Morgan fingerprint density at radius 2 is 2.22 bits per heavy atom. The molecule has 0 radical (unpaired) electrons. The first kappa shape index (κ1) is 13.7. The molecule has 0 amide bonds. The predicted molar refractivity (Wildman–Crippen MR) is 66.0 cm³/mol. The highest BCUT2D eigenvalue weighted by molar-refractivity contribution is 5.72. The molecule has 18 heavy (non-hydrogen) atoms. The molecular formula is C13H13NO4. The first-order valence-electron chi connectivity index (χ1n) is 5.44. The van der Waals surface area contributed by atoms with Gasteiger partial charge in [-0.2, -0.15) is 0 Å². The van der Waals surface area contributed by atoms with Gasteiger partial charge in [0.25, 0.3) is 5.69 Å². The zero-order valence-electron chi connectivity index (χ0n) is 10.2. The summed E-state index contributed by atoms with van der Waals surface area (Å²) in [7, 11) is 0. The lowest BCUT2D eigenvalue weighted by atomic mass is 10.1. The van der Waals surface area contributed by atoms with Crippen LogP contribution in [0.5, 0.6) is 0 Å². The van der Waals surface area contributed by atoms with Crippen LogP contribution in [-0.2, 0) is 9.53 Å². The topological polar surface area (TPSA) is 69.4 Å². The number of esters is 1. The van der Waals surface area contributed by atoms with Crippen molar-refractivity contribution in [3.8, 4) is 11.8 Å². The monoisotopic (exact) mass is 247 g/mol. The molecule has 0 aliphatic heterocycles. The minimum Gasteiger partial charge on any atom is -0.465 e. The number of hydrogen-bond donors (Lipinski definition) is 0. The Kier molecular flexibility index (Phi) is 4.88. The van der Waals surface area contributed by atoms with Crippen LogP contribution < -0.4 is 0 Å². The van der Waals surface area contributed by atoms with Crippen molar-refractivity contribution in [2.75, 3.05) is 6.61 Å². The van der Waals surface area contributed by atoms with Crippen LogP contribution in [0.15, 0.2) is 18.2 Å². The molecule has 0 saturated carbocycles. The Balaban J connectivity index is 2.75. The van der Waals surface area contributed by atoms with Gasteiger partial charge in [-0.05, 0) is 26.0 Å². The van der Waals surface area contributed by atoms with Gasteiger partial charge >= 0.3 is 5.97 Å². The number of nitro benzene ring substituents is 1. The van der Waals surface area contributed by atoms with E-state index in [-0.39, 0.29) is 18.1 Å². The van der Waals surface area contributed by atoms with Crippen molar-refractivity contribution in [1.29, 1.82) is 0 Å². The van der Waals surface area contributed by atoms with Crippen LogP contribution in [0.1, 0.15) is 24.5 Å². The van der Waals surface area contributed by atoms with Crippen LogP contribution in [0.2, 0.25) is 0 Å². The van der Waals surface area contributed by atoms with E-state index in [0.29, 0.717) is 17.7 Å². The number of carbonyl (C=O) groups is 1. The van der Waals surface area contributed by atoms with Crippen LogP contribution in [0.25, 0.3) is 0 Å². The first-order valence-corrected chi connectivity index (χ1v) is 5.44. The summed E-state index contributed by atoms with van der Waals surface area (Å²) in [6.07, 6.45) is 0.0177. The Morgan fingerprint density at radius 3 is 2.78 bits per heavy atom. The van der Waals surface area contributed by atoms with Crippen LogP contribution in [0.4, 0.5) is 5.69 Å². The van der Waals surface area contributed by atoms with Gasteiger partial charge in [0.1, 0.15) is 6.42 Å². The smallest absolute Gasteiger partial charge is 0.317 e. The minimum absolute atomic E-state index is 0.0177. The van der Waals surface area contributed by atoms with E-state index < -0.39 is 4.92 Å². The van der Waals surface area contributed by atoms with Crippen LogP contribution in [0, 0.1) is 28.9 Å². The molecule has 5 heteroatoms. The van der Waals surface area contributed by atoms with Crippen molar-refractivity contribution in [1.82, 2.24) is 0 Å². The third kappa shape index (κ3) is 3.91. The summed E-state index contributed by atoms with van der Waals surface area (Å²) in [5.41, 5.74) is 1.25. The number of nitro groups is 1. The normalized spacial score (nSPS) is 9.22. The SMILES string of the molecule is CCOC(=O)CC#Cc1ccc([N+](=O)[O-])c(C)c1. The quantitative estimate of drug-likeness (QED) is 0.355. The molecule has 0 aliphatic carbocycles. The van der Waals surface area contributed by atoms with Crippen LogP contribution in [0.3, 0.4) is 0 Å². The van der Waals surface area contributed by atoms with Gasteiger partial charge in [-0.1, -0.05) is 11.8 Å². The van der Waals surface area contributed by atoms with E-state index in [1.807, 2.05) is 0 Å². The Hall–Kier alpha value is -2.35. The lowest BCUT2D eigenvalue weighted by Gasteiger charge is -1.97. The summed E-state index contributed by atoms with van der Waals surface area (Å²) >= 11 is 0. The molecule has 0 atom stereocenters. The van der Waals surface area contributed by atoms with Crippen molar-refractivity contribution in [3.63, 3.8) is 0 Å². The van der Waals surface area contributed by atoms with Crippen molar-refractivity contribution in [2.24, 2.45) is 0 Å². The van der Waals surface area contributed by atoms with Gasteiger partial charge < -0.3 is 4.74 Å². The Morgan fingerprint density at radius 1 is 1.50 bits per heavy atom. The lowest BCUT2D eigenvalue weighted by Crippen LogP contribution is -2.01. The molecule has 0 bridgehead atoms. The summed E-state index contributed by atoms with van der Waals surface area (Å²) in [4.78, 5) is 21.2. The highest BCUT2D eigenvalue weighted by Gasteiger charge is 2.09. The van der Waals surface area contributed by atoms with E-state index in [9.17, 15) is 14.9 Å². The summed E-state index contributed by atoms with van der Waals surface area (Å²) in [6, 6.07) is 4.59. The van der Waals surface area contributed by atoms with Crippen LogP contribution >= 0.6 is 0 Å². The molecule has 1 rings (SSSR count). The van der Waals surface area contributed by atoms with E-state index in [1.54, 1.807) is 26.0 Å². The van der Waals surface area contributed by atoms with Crippen molar-refractivity contribution < 1.29 is 14.5 Å². The molecule has 0 N–H and O–H groups in total. The fourth-order valence-electron chi connectivity index (χ4n) is 1.37. The first-order chi connectivity index (χ1) is 8.54. The molecule has 1 aromatic rings. The van der Waals surface area contributed by atoms with E-state index in [1.165, 1.54) is 6.07 Å². The number of benzene rings is 1. The number of aryl methyl sites for hydroxylation is 1. The molecule has 0 fully saturated rings. The number of rotatable bonds is 3.